The van der Waals surface area contributed by atoms with Gasteiger partial charge in [-0.3, -0.25) is 29.5 Å². The minimum Gasteiger partial charge on any atom is -0.497 e. The van der Waals surface area contributed by atoms with Gasteiger partial charge >= 0.3 is 0 Å². The number of nitrogens with zero attached hydrogens (tertiary/aromatic N) is 3. The zero-order valence-electron chi connectivity index (χ0n) is 22.3. The molecule has 206 valence electrons. The summed E-state index contributed by atoms with van der Waals surface area (Å²) < 4.78 is 5.27. The second-order valence-corrected chi connectivity index (χ2v) is 10.6. The number of benzene rings is 4. The van der Waals surface area contributed by atoms with Crippen LogP contribution in [0.15, 0.2) is 102 Å². The third kappa shape index (κ3) is 3.36. The molecule has 0 amide bonds. The van der Waals surface area contributed by atoms with Crippen molar-refractivity contribution in [2.45, 2.75) is 18.0 Å². The van der Waals surface area contributed by atoms with E-state index in [0.717, 1.165) is 5.56 Å². The van der Waals surface area contributed by atoms with Gasteiger partial charge in [0, 0.05) is 34.7 Å². The van der Waals surface area contributed by atoms with Crippen molar-refractivity contribution in [3.8, 4) is 5.75 Å². The van der Waals surface area contributed by atoms with Crippen LogP contribution in [0, 0.1) is 15.5 Å². The van der Waals surface area contributed by atoms with Gasteiger partial charge in [-0.2, -0.15) is 5.10 Å². The Bertz CT molecular complexity index is 1810. The third-order valence-electron chi connectivity index (χ3n) is 8.66. The molecular weight excluding hydrogens is 534 g/mol. The number of fused-ring (bicyclic) bond motifs is 5. The number of carbonyl (C=O) groups is 3. The molecule has 0 aromatic heterocycles. The van der Waals surface area contributed by atoms with Gasteiger partial charge in [0.1, 0.15) is 17.2 Å². The van der Waals surface area contributed by atoms with E-state index in [0.29, 0.717) is 22.4 Å². The maximum absolute atomic E-state index is 14.7. The third-order valence-corrected chi connectivity index (χ3v) is 8.66. The SMILES string of the molecule is COc1ccc(C(=O)[C@H]2[C@H](c3cccc([N+](=O)[O-])c3)C3(C(=O)c4ccccc4C3=O)[C@H]3c4ccccc4C=NN23)cc1. The van der Waals surface area contributed by atoms with Crippen LogP contribution in [-0.2, 0) is 0 Å². The van der Waals surface area contributed by atoms with Crippen molar-refractivity contribution in [2.75, 3.05) is 7.11 Å². The number of nitro benzene ring substituents is 1. The number of hydrogen-bond donors (Lipinski definition) is 0. The Morgan fingerprint density at radius 1 is 0.905 bits per heavy atom. The van der Waals surface area contributed by atoms with Crippen molar-refractivity contribution < 1.29 is 24.0 Å². The summed E-state index contributed by atoms with van der Waals surface area (Å²) in [5.74, 6) is -1.75. The number of ketones is 3. The van der Waals surface area contributed by atoms with E-state index in [1.165, 1.54) is 25.3 Å². The van der Waals surface area contributed by atoms with E-state index in [9.17, 15) is 24.5 Å². The highest BCUT2D eigenvalue weighted by Gasteiger charge is 2.72. The van der Waals surface area contributed by atoms with Crippen molar-refractivity contribution >= 4 is 29.3 Å². The summed E-state index contributed by atoms with van der Waals surface area (Å²) in [6.45, 7) is 0. The van der Waals surface area contributed by atoms with Gasteiger partial charge in [-0.1, -0.05) is 60.7 Å². The summed E-state index contributed by atoms with van der Waals surface area (Å²) in [6, 6.07) is 24.4. The van der Waals surface area contributed by atoms with Crippen molar-refractivity contribution in [3.63, 3.8) is 0 Å². The Hall–Kier alpha value is -5.44. The molecule has 3 atom stereocenters. The van der Waals surface area contributed by atoms with Crippen LogP contribution in [0.4, 0.5) is 5.69 Å². The van der Waals surface area contributed by atoms with E-state index in [4.69, 9.17) is 9.84 Å². The first-order chi connectivity index (χ1) is 20.4. The summed E-state index contributed by atoms with van der Waals surface area (Å²) in [6.07, 6.45) is 1.63. The zero-order valence-corrected chi connectivity index (χ0v) is 22.3. The lowest BCUT2D eigenvalue weighted by Gasteiger charge is -2.36. The first kappa shape index (κ1) is 25.5. The lowest BCUT2D eigenvalue weighted by Crippen LogP contribution is -2.43. The standard InChI is InChI=1S/C33H23N3O6/c1-42-23-15-13-19(14-16-23)29(37)28-27(20-8-6-9-22(17-20)36(40)41)33(31(38)25-11-4-5-12-26(25)32(33)39)30-24-10-3-2-7-21(24)18-34-35(28)30/h2-18,27-28,30H,1H3/t27-,28+,30+/m0/s1. The predicted molar refractivity (Wildman–Crippen MR) is 153 cm³/mol. The molecule has 2 heterocycles. The monoisotopic (exact) mass is 557 g/mol. The second-order valence-electron chi connectivity index (χ2n) is 10.6. The fourth-order valence-electron chi connectivity index (χ4n) is 6.91. The summed E-state index contributed by atoms with van der Waals surface area (Å²) in [7, 11) is 1.52. The lowest BCUT2D eigenvalue weighted by atomic mass is 9.63. The fraction of sp³-hybridized carbons (Fsp3) is 0.152. The number of hydrogen-bond acceptors (Lipinski definition) is 8. The molecule has 42 heavy (non-hydrogen) atoms. The number of ether oxygens (including phenoxy) is 1. The molecule has 9 nitrogen and oxygen atoms in total. The molecule has 0 radical (unpaired) electrons. The molecular formula is C33H23N3O6. The van der Waals surface area contributed by atoms with Gasteiger partial charge < -0.3 is 4.74 Å². The first-order valence-corrected chi connectivity index (χ1v) is 13.4. The molecule has 0 saturated carbocycles. The average molecular weight is 558 g/mol. The van der Waals surface area contributed by atoms with Gasteiger partial charge in [-0.25, -0.2) is 0 Å². The van der Waals surface area contributed by atoms with Crippen LogP contribution in [-0.4, -0.2) is 46.6 Å². The molecule has 7 rings (SSSR count). The van der Waals surface area contributed by atoms with Crippen molar-refractivity contribution in [2.24, 2.45) is 10.5 Å². The quantitative estimate of drug-likeness (QED) is 0.139. The minimum atomic E-state index is -1.81. The minimum absolute atomic E-state index is 0.206. The maximum atomic E-state index is 14.7. The van der Waals surface area contributed by atoms with Crippen LogP contribution >= 0.6 is 0 Å². The first-order valence-electron chi connectivity index (χ1n) is 13.4. The van der Waals surface area contributed by atoms with Gasteiger partial charge in [0.25, 0.3) is 5.69 Å². The van der Waals surface area contributed by atoms with Crippen LogP contribution in [0.25, 0.3) is 0 Å². The maximum Gasteiger partial charge on any atom is 0.269 e. The van der Waals surface area contributed by atoms with Crippen LogP contribution in [0.3, 0.4) is 0 Å². The molecule has 0 unspecified atom stereocenters. The van der Waals surface area contributed by atoms with E-state index in [1.807, 2.05) is 24.3 Å². The lowest BCUT2D eigenvalue weighted by molar-refractivity contribution is -0.384. The van der Waals surface area contributed by atoms with E-state index in [-0.39, 0.29) is 22.6 Å². The number of rotatable bonds is 5. The zero-order chi connectivity index (χ0) is 29.2. The summed E-state index contributed by atoms with van der Waals surface area (Å²) >= 11 is 0. The molecule has 4 aromatic rings. The second kappa shape index (κ2) is 9.31. The highest BCUT2D eigenvalue weighted by Crippen LogP contribution is 2.64. The molecule has 4 aromatic carbocycles. The summed E-state index contributed by atoms with van der Waals surface area (Å²) in [5, 5.41) is 18.1. The van der Waals surface area contributed by atoms with Gasteiger partial charge in [-0.05, 0) is 41.0 Å². The number of methoxy groups -OCH3 is 1. The molecule has 1 spiro atoms. The molecule has 0 N–H and O–H groups in total. The number of nitro groups is 1. The molecule has 2 aliphatic heterocycles. The Morgan fingerprint density at radius 3 is 2.24 bits per heavy atom. The van der Waals surface area contributed by atoms with Gasteiger partial charge in [-0.15, -0.1) is 0 Å². The molecule has 1 aliphatic carbocycles. The number of carbonyl (C=O) groups excluding carboxylic acids is 3. The van der Waals surface area contributed by atoms with Crippen LogP contribution in [0.5, 0.6) is 5.75 Å². The smallest absolute Gasteiger partial charge is 0.269 e. The van der Waals surface area contributed by atoms with Crippen LogP contribution in [0.1, 0.15) is 59.7 Å². The highest BCUT2D eigenvalue weighted by atomic mass is 16.6. The highest BCUT2D eigenvalue weighted by molar-refractivity contribution is 6.31. The van der Waals surface area contributed by atoms with Gasteiger partial charge in [0.05, 0.1) is 24.3 Å². The normalized spacial score (nSPS) is 21.2. The van der Waals surface area contributed by atoms with E-state index in [2.05, 4.69) is 0 Å². The summed E-state index contributed by atoms with van der Waals surface area (Å²) in [4.78, 5) is 55.3. The molecule has 3 aliphatic rings. The van der Waals surface area contributed by atoms with Gasteiger partial charge in [0.15, 0.2) is 17.3 Å². The molecule has 1 saturated heterocycles. The predicted octanol–water partition coefficient (Wildman–Crippen LogP) is 5.41. The van der Waals surface area contributed by atoms with Crippen molar-refractivity contribution in [1.82, 2.24) is 5.01 Å². The van der Waals surface area contributed by atoms with E-state index < -0.39 is 39.9 Å². The summed E-state index contributed by atoms with van der Waals surface area (Å²) in [5.41, 5.74) is 0.601. The Morgan fingerprint density at radius 2 is 1.57 bits per heavy atom. The van der Waals surface area contributed by atoms with E-state index in [1.54, 1.807) is 65.8 Å². The average Bonchev–Trinajstić information content (AvgIpc) is 3.47. The molecule has 1 fully saturated rings. The topological polar surface area (TPSA) is 119 Å². The number of non-ortho nitro benzene ring substituents is 1. The largest absolute Gasteiger partial charge is 0.497 e. The van der Waals surface area contributed by atoms with Crippen LogP contribution < -0.4 is 4.74 Å². The Balaban J connectivity index is 1.54. The van der Waals surface area contributed by atoms with Crippen molar-refractivity contribution in [1.29, 1.82) is 0 Å². The van der Waals surface area contributed by atoms with Crippen molar-refractivity contribution in [3.05, 3.63) is 141 Å². The van der Waals surface area contributed by atoms with Gasteiger partial charge in [0.2, 0.25) is 0 Å². The Labute approximate surface area is 240 Å². The van der Waals surface area contributed by atoms with Crippen LogP contribution in [0.2, 0.25) is 0 Å². The molecule has 9 heteroatoms. The molecule has 0 bridgehead atoms. The fourth-order valence-corrected chi connectivity index (χ4v) is 6.91. The van der Waals surface area contributed by atoms with E-state index >= 15 is 0 Å². The Kier molecular flexibility index (Phi) is 5.65. The number of hydrazone groups is 1. The number of Topliss-reactive ketones (excluding diaryl/α,β-unsaturated/α-hetero) is 3.